The van der Waals surface area contributed by atoms with Crippen LogP contribution in [0.5, 0.6) is 0 Å². The van der Waals surface area contributed by atoms with Crippen molar-refractivity contribution in [3.63, 3.8) is 0 Å². The fourth-order valence-corrected chi connectivity index (χ4v) is 7.90. The summed E-state index contributed by atoms with van der Waals surface area (Å²) in [7, 11) is 0. The van der Waals surface area contributed by atoms with E-state index in [1.165, 1.54) is 18.1 Å². The molecule has 4 nitrogen and oxygen atoms in total. The lowest BCUT2D eigenvalue weighted by Gasteiger charge is -2.55. The summed E-state index contributed by atoms with van der Waals surface area (Å²) in [5.74, 6) is 0.661. The van der Waals surface area contributed by atoms with E-state index in [1.807, 2.05) is 6.08 Å². The summed E-state index contributed by atoms with van der Waals surface area (Å²) in [6.07, 6.45) is 9.99. The second-order valence-electron chi connectivity index (χ2n) is 9.62. The topological polar surface area (TPSA) is 60.4 Å². The lowest BCUT2D eigenvalue weighted by Crippen LogP contribution is -2.58. The van der Waals surface area contributed by atoms with Crippen LogP contribution in [0.15, 0.2) is 23.3 Å². The fourth-order valence-electron chi connectivity index (χ4n) is 6.90. The molecule has 0 aromatic heterocycles. The average Bonchev–Trinajstić information content (AvgIpc) is 2.94. The Balaban J connectivity index is 1.78. The van der Waals surface area contributed by atoms with Crippen molar-refractivity contribution in [1.82, 2.24) is 0 Å². The number of alkyl halides is 2. The number of hydrogen-bond donors (Lipinski definition) is 0. The van der Waals surface area contributed by atoms with E-state index in [0.29, 0.717) is 24.7 Å². The minimum absolute atomic E-state index is 0.0239. The summed E-state index contributed by atoms with van der Waals surface area (Å²) in [6.45, 7) is 5.90. The van der Waals surface area contributed by atoms with Crippen LogP contribution in [-0.4, -0.2) is 25.1 Å². The Morgan fingerprint density at radius 2 is 1.90 bits per heavy atom. The van der Waals surface area contributed by atoms with Crippen molar-refractivity contribution in [3.8, 4) is 0 Å². The molecule has 4 aliphatic carbocycles. The molecule has 4 rings (SSSR count). The van der Waals surface area contributed by atoms with Crippen molar-refractivity contribution >= 4 is 62.7 Å². The van der Waals surface area contributed by atoms with Crippen molar-refractivity contribution < 1.29 is 19.1 Å². The first kappa shape index (κ1) is 22.0. The Labute approximate surface area is 199 Å². The molecule has 0 aliphatic heterocycles. The van der Waals surface area contributed by atoms with E-state index >= 15 is 0 Å². The maximum absolute atomic E-state index is 13.4. The summed E-state index contributed by atoms with van der Waals surface area (Å²) in [6, 6.07) is 0. The molecule has 29 heavy (non-hydrogen) atoms. The first-order chi connectivity index (χ1) is 13.5. The maximum atomic E-state index is 13.4. The minimum Gasteiger partial charge on any atom is -0.451 e. The number of allylic oxidation sites excluding steroid dienone is 4. The third kappa shape index (κ3) is 3.12. The number of Topliss-reactive ketones (excluding diaryl/α,β-unsaturated/α-hetero) is 1. The van der Waals surface area contributed by atoms with Gasteiger partial charge >= 0.3 is 5.97 Å². The van der Waals surface area contributed by atoms with Crippen LogP contribution in [0.25, 0.3) is 0 Å². The number of ketones is 2. The number of carbonyl (C=O) groups excluding carboxylic acids is 3. The molecule has 0 spiro atoms. The van der Waals surface area contributed by atoms with Gasteiger partial charge in [-0.15, -0.1) is 0 Å². The molecule has 2 saturated carbocycles. The number of ether oxygens (including phenoxy) is 1. The smallest absolute Gasteiger partial charge is 0.303 e. The van der Waals surface area contributed by atoms with Gasteiger partial charge in [0, 0.05) is 24.2 Å². The van der Waals surface area contributed by atoms with E-state index in [0.717, 1.165) is 32.1 Å². The van der Waals surface area contributed by atoms with Gasteiger partial charge in [-0.05, 0) is 56.4 Å². The SMILES string of the molecule is CC(=O)O[C@@]1(C(=O)C(I)I)CC[C@H]2[C@@H]3CCC4=CC(=O)CC[C@]4(C)C3=CC[C@@]21C. The number of fused-ring (bicyclic) bond motifs is 5. The Kier molecular flexibility index (Phi) is 5.62. The minimum atomic E-state index is -1.03. The van der Waals surface area contributed by atoms with Gasteiger partial charge in [0.2, 0.25) is 0 Å². The molecule has 158 valence electrons. The van der Waals surface area contributed by atoms with E-state index in [4.69, 9.17) is 4.74 Å². The van der Waals surface area contributed by atoms with Crippen LogP contribution in [0.2, 0.25) is 0 Å². The van der Waals surface area contributed by atoms with Gasteiger partial charge in [0.15, 0.2) is 17.2 Å². The Morgan fingerprint density at radius 1 is 1.17 bits per heavy atom. The number of carbonyl (C=O) groups is 3. The zero-order chi connectivity index (χ0) is 21.2. The average molecular weight is 622 g/mol. The second kappa shape index (κ2) is 7.41. The highest BCUT2D eigenvalue weighted by molar-refractivity contribution is 14.2. The molecule has 0 radical (unpaired) electrons. The standard InChI is InChI=1S/C23H28I2O4/c1-13(26)29-23(19(28)20(24)25)11-8-18-16-5-4-14-12-15(27)6-9-21(14,2)17(16)7-10-22(18,23)3/h7,12,16,18,20H,4-6,8-11H2,1-3H3/t16-,18+,21+,22+,23-/m1/s1. The highest BCUT2D eigenvalue weighted by atomic mass is 127. The molecule has 0 heterocycles. The van der Waals surface area contributed by atoms with Gasteiger partial charge in [0.1, 0.15) is 1.93 Å². The predicted molar refractivity (Wildman–Crippen MR) is 128 cm³/mol. The third-order valence-electron chi connectivity index (χ3n) is 8.37. The number of halogens is 2. The van der Waals surface area contributed by atoms with Crippen molar-refractivity contribution in [1.29, 1.82) is 0 Å². The molecule has 4 aliphatic rings. The first-order valence-electron chi connectivity index (χ1n) is 10.5. The van der Waals surface area contributed by atoms with Gasteiger partial charge in [0.05, 0.1) is 0 Å². The summed E-state index contributed by atoms with van der Waals surface area (Å²) in [5, 5.41) is 0. The van der Waals surface area contributed by atoms with E-state index in [-0.39, 0.29) is 30.3 Å². The maximum Gasteiger partial charge on any atom is 0.303 e. The Bertz CT molecular complexity index is 844. The largest absolute Gasteiger partial charge is 0.451 e. The second-order valence-corrected chi connectivity index (χ2v) is 14.5. The van der Waals surface area contributed by atoms with Gasteiger partial charge in [-0.3, -0.25) is 14.4 Å². The highest BCUT2D eigenvalue weighted by Gasteiger charge is 2.67. The van der Waals surface area contributed by atoms with Crippen molar-refractivity contribution in [3.05, 3.63) is 23.3 Å². The van der Waals surface area contributed by atoms with E-state index in [2.05, 4.69) is 65.1 Å². The van der Waals surface area contributed by atoms with Gasteiger partial charge in [-0.25, -0.2) is 0 Å². The molecule has 2 fully saturated rings. The van der Waals surface area contributed by atoms with Crippen molar-refractivity contribution in [2.45, 2.75) is 73.2 Å². The predicted octanol–water partition coefficient (Wildman–Crippen LogP) is 5.51. The van der Waals surface area contributed by atoms with Gasteiger partial charge in [-0.2, -0.15) is 0 Å². The molecule has 0 unspecified atom stereocenters. The van der Waals surface area contributed by atoms with E-state index in [1.54, 1.807) is 0 Å². The monoisotopic (exact) mass is 622 g/mol. The van der Waals surface area contributed by atoms with Gasteiger partial charge in [0.25, 0.3) is 0 Å². The van der Waals surface area contributed by atoms with Crippen LogP contribution in [0.3, 0.4) is 0 Å². The van der Waals surface area contributed by atoms with Crippen LogP contribution in [0, 0.1) is 22.7 Å². The van der Waals surface area contributed by atoms with Crippen molar-refractivity contribution in [2.24, 2.45) is 22.7 Å². The Hall–Kier alpha value is -0.250. The quantitative estimate of drug-likeness (QED) is 0.181. The number of hydrogen-bond acceptors (Lipinski definition) is 4. The van der Waals surface area contributed by atoms with Crippen LogP contribution in [0.1, 0.15) is 65.7 Å². The van der Waals surface area contributed by atoms with Crippen LogP contribution < -0.4 is 0 Å². The molecule has 0 bridgehead atoms. The van der Waals surface area contributed by atoms with Gasteiger partial charge < -0.3 is 4.74 Å². The lowest BCUT2D eigenvalue weighted by atomic mass is 9.50. The molecule has 0 aromatic rings. The Morgan fingerprint density at radius 3 is 2.55 bits per heavy atom. The summed E-state index contributed by atoms with van der Waals surface area (Å²) in [5.41, 5.74) is 1.33. The molecular formula is C23H28I2O4. The highest BCUT2D eigenvalue weighted by Crippen LogP contribution is 2.66. The number of rotatable bonds is 3. The normalized spacial score (nSPS) is 41.1. The van der Waals surface area contributed by atoms with Crippen molar-refractivity contribution in [2.75, 3.05) is 0 Å². The lowest BCUT2D eigenvalue weighted by molar-refractivity contribution is -0.180. The molecule has 6 heteroatoms. The summed E-state index contributed by atoms with van der Waals surface area (Å²) >= 11 is 4.28. The van der Waals surface area contributed by atoms with Crippen LogP contribution in [-0.2, 0) is 19.1 Å². The van der Waals surface area contributed by atoms with E-state index in [9.17, 15) is 14.4 Å². The fraction of sp³-hybridized carbons (Fsp3) is 0.696. The molecule has 0 saturated heterocycles. The van der Waals surface area contributed by atoms with Crippen LogP contribution in [0.4, 0.5) is 0 Å². The molecule has 0 amide bonds. The summed E-state index contributed by atoms with van der Waals surface area (Å²) in [4.78, 5) is 37.5. The van der Waals surface area contributed by atoms with E-state index < -0.39 is 5.60 Å². The number of esters is 1. The molecular weight excluding hydrogens is 594 g/mol. The zero-order valence-corrected chi connectivity index (χ0v) is 21.5. The third-order valence-corrected chi connectivity index (χ3v) is 9.50. The van der Waals surface area contributed by atoms with Crippen LogP contribution >= 0.6 is 45.2 Å². The first-order valence-corrected chi connectivity index (χ1v) is 13.0. The van der Waals surface area contributed by atoms with Gasteiger partial charge in [-0.1, -0.05) is 76.3 Å². The molecule has 5 atom stereocenters. The molecule has 0 aromatic carbocycles. The zero-order valence-electron chi connectivity index (χ0n) is 17.2. The molecule has 0 N–H and O–H groups in total. The summed E-state index contributed by atoms with van der Waals surface area (Å²) < 4.78 is 5.71.